The van der Waals surface area contributed by atoms with Crippen LogP contribution in [-0.2, 0) is 31.9 Å². The third-order valence-electron chi connectivity index (χ3n) is 14.2. The van der Waals surface area contributed by atoms with E-state index in [9.17, 15) is 24.9 Å². The number of hydrogen-bond donors (Lipinski definition) is 4. The van der Waals surface area contributed by atoms with Crippen LogP contribution in [0.1, 0.15) is 61.3 Å². The van der Waals surface area contributed by atoms with Gasteiger partial charge in [0.15, 0.2) is 0 Å². The van der Waals surface area contributed by atoms with E-state index in [0.717, 1.165) is 55.5 Å². The van der Waals surface area contributed by atoms with E-state index in [1.165, 1.54) is 14.2 Å². The number of nitrogens with zero attached hydrogens (tertiary/aromatic N) is 3. The van der Waals surface area contributed by atoms with Crippen LogP contribution in [0.15, 0.2) is 71.8 Å². The van der Waals surface area contributed by atoms with Crippen molar-refractivity contribution in [2.45, 2.75) is 63.8 Å². The number of rotatable bonds is 5. The fourth-order valence-electron chi connectivity index (χ4n) is 11.7. The zero-order chi connectivity index (χ0) is 39.0. The molecule has 2 aliphatic heterocycles. The molecule has 0 saturated carbocycles. The summed E-state index contributed by atoms with van der Waals surface area (Å²) in [4.78, 5) is 36.5. The average molecular weight is 751 g/mol. The standard InChI is InChI=1S/C44H54N4O7/c1-7-25-21-46(3)37-17-29-27-13-9-11-15-33(27)45-39(29)35(19-31(25)43(37,23-49)41(52)54-5)48-34-16-12-10-14-28(34)30-18-38-44(24-50,42(53)55-6)32(20-36(51)40(30)48)26(8-2)22-47(38)4/h7-16,31-32,35-38,45,49-51H,17-24H2,1-6H3/b25-7-,26-8-/t31-,32-,35-,36+,37-,38-,43?,44?/m0/s1. The number of likely N-dealkylation sites (tertiary alicyclic amines) is 2. The maximum Gasteiger partial charge on any atom is 0.316 e. The van der Waals surface area contributed by atoms with Gasteiger partial charge in [0.2, 0.25) is 0 Å². The summed E-state index contributed by atoms with van der Waals surface area (Å²) in [5, 5.41) is 37.6. The number of methoxy groups -OCH3 is 2. The van der Waals surface area contributed by atoms with Gasteiger partial charge >= 0.3 is 11.9 Å². The predicted octanol–water partition coefficient (Wildman–Crippen LogP) is 4.69. The zero-order valence-electron chi connectivity index (χ0n) is 32.7. The molecule has 8 atom stereocenters. The minimum atomic E-state index is -1.29. The summed E-state index contributed by atoms with van der Waals surface area (Å²) in [6.07, 6.45) is 4.62. The number of piperidine rings is 2. The van der Waals surface area contributed by atoms with Gasteiger partial charge in [-0.05, 0) is 76.9 Å². The largest absolute Gasteiger partial charge is 0.468 e. The third kappa shape index (κ3) is 5.19. The number of aliphatic hydroxyl groups excluding tert-OH is 3. The van der Waals surface area contributed by atoms with Crippen molar-refractivity contribution in [3.8, 4) is 0 Å². The first-order valence-electron chi connectivity index (χ1n) is 19.5. The molecule has 11 heteroatoms. The SMILES string of the molecule is C/C=C1/CN(C)[C@H]2Cc3c(n([C@H]4C[C@H]5/C(=C\C)CN(C)[C@@H](Cc6c4[nH]c4ccccc64)C5(CO)C(=O)OC)c4ccccc34)[C@H](O)C[C@@H]1C2(CO)C(=O)OC. The molecule has 4 bridgehead atoms. The van der Waals surface area contributed by atoms with Gasteiger partial charge in [0.25, 0.3) is 0 Å². The lowest BCUT2D eigenvalue weighted by Crippen LogP contribution is -2.64. The Balaban J connectivity index is 1.45. The van der Waals surface area contributed by atoms with Crippen LogP contribution < -0.4 is 0 Å². The van der Waals surface area contributed by atoms with Crippen LogP contribution in [-0.4, -0.2) is 113 Å². The van der Waals surface area contributed by atoms with Gasteiger partial charge in [-0.1, -0.05) is 59.7 Å². The molecule has 2 aromatic heterocycles. The number of benzene rings is 2. The maximum absolute atomic E-state index is 14.3. The van der Waals surface area contributed by atoms with Crippen molar-refractivity contribution < 1.29 is 34.4 Å². The molecule has 0 amide bonds. The van der Waals surface area contributed by atoms with Crippen molar-refractivity contribution in [3.05, 3.63) is 94.3 Å². The number of carbonyl (C=O) groups is 2. The first-order chi connectivity index (χ1) is 26.6. The van der Waals surface area contributed by atoms with Crippen LogP contribution in [0, 0.1) is 22.7 Å². The second-order valence-electron chi connectivity index (χ2n) is 16.3. The molecule has 4 aromatic rings. The van der Waals surface area contributed by atoms with Gasteiger partial charge in [-0.25, -0.2) is 0 Å². The molecule has 292 valence electrons. The fraction of sp³-hybridized carbons (Fsp3) is 0.500. The molecule has 2 aliphatic carbocycles. The number of esters is 2. The molecular formula is C44H54N4O7. The highest BCUT2D eigenvalue weighted by atomic mass is 16.5. The summed E-state index contributed by atoms with van der Waals surface area (Å²) in [6, 6.07) is 15.3. The summed E-state index contributed by atoms with van der Waals surface area (Å²) in [5.74, 6) is -1.76. The van der Waals surface area contributed by atoms with Crippen LogP contribution >= 0.6 is 0 Å². The number of para-hydroxylation sites is 2. The van der Waals surface area contributed by atoms with Crippen LogP contribution in [0.25, 0.3) is 21.8 Å². The number of allylic oxidation sites excluding steroid dienone is 2. The number of hydrogen-bond acceptors (Lipinski definition) is 9. The molecule has 2 saturated heterocycles. The first-order valence-corrected chi connectivity index (χ1v) is 19.5. The molecule has 4 aliphatic rings. The van der Waals surface area contributed by atoms with Crippen LogP contribution in [0.5, 0.6) is 0 Å². The number of fused-ring (bicyclic) bond motifs is 10. The number of carbonyl (C=O) groups excluding carboxylic acids is 2. The Morgan fingerprint density at radius 3 is 1.89 bits per heavy atom. The van der Waals surface area contributed by atoms with E-state index in [1.807, 2.05) is 58.3 Å². The number of ether oxygens (including phenoxy) is 2. The average Bonchev–Trinajstić information content (AvgIpc) is 3.72. The normalized spacial score (nSPS) is 32.7. The summed E-state index contributed by atoms with van der Waals surface area (Å²) in [6.45, 7) is 4.39. The molecule has 11 nitrogen and oxygen atoms in total. The number of H-pyrrole nitrogens is 1. The van der Waals surface area contributed by atoms with E-state index in [4.69, 9.17) is 9.47 Å². The van der Waals surface area contributed by atoms with Gasteiger partial charge in [0.05, 0.1) is 45.3 Å². The van der Waals surface area contributed by atoms with Crippen LogP contribution in [0.4, 0.5) is 0 Å². The summed E-state index contributed by atoms with van der Waals surface area (Å²) < 4.78 is 13.4. The zero-order valence-corrected chi connectivity index (χ0v) is 32.7. The Kier molecular flexibility index (Phi) is 9.61. The van der Waals surface area contributed by atoms with E-state index in [-0.39, 0.29) is 25.0 Å². The van der Waals surface area contributed by atoms with Crippen molar-refractivity contribution in [1.82, 2.24) is 19.4 Å². The van der Waals surface area contributed by atoms with Crippen molar-refractivity contribution in [3.63, 3.8) is 0 Å². The van der Waals surface area contributed by atoms with Crippen LogP contribution in [0.2, 0.25) is 0 Å². The molecular weight excluding hydrogens is 697 g/mol. The second kappa shape index (κ2) is 14.0. The van der Waals surface area contributed by atoms with E-state index >= 15 is 0 Å². The molecule has 2 fully saturated rings. The Morgan fingerprint density at radius 1 is 0.800 bits per heavy atom. The van der Waals surface area contributed by atoms with Gasteiger partial charge in [-0.2, -0.15) is 0 Å². The monoisotopic (exact) mass is 750 g/mol. The summed E-state index contributed by atoms with van der Waals surface area (Å²) in [7, 11) is 6.80. The highest BCUT2D eigenvalue weighted by Crippen LogP contribution is 2.56. The van der Waals surface area contributed by atoms with Crippen molar-refractivity contribution in [1.29, 1.82) is 0 Å². The molecule has 4 heterocycles. The topological polar surface area (TPSA) is 140 Å². The molecule has 2 aromatic carbocycles. The smallest absolute Gasteiger partial charge is 0.316 e. The molecule has 8 rings (SSSR count). The van der Waals surface area contributed by atoms with E-state index in [1.54, 1.807) is 0 Å². The molecule has 0 spiro atoms. The Bertz CT molecular complexity index is 2220. The number of aromatic amines is 1. The highest BCUT2D eigenvalue weighted by molar-refractivity contribution is 5.89. The van der Waals surface area contributed by atoms with E-state index < -0.39 is 53.5 Å². The minimum Gasteiger partial charge on any atom is -0.468 e. The molecule has 2 unspecified atom stereocenters. The van der Waals surface area contributed by atoms with Gasteiger partial charge in [0.1, 0.15) is 10.8 Å². The first kappa shape index (κ1) is 37.7. The van der Waals surface area contributed by atoms with Crippen molar-refractivity contribution in [2.24, 2.45) is 22.7 Å². The van der Waals surface area contributed by atoms with E-state index in [0.29, 0.717) is 32.4 Å². The van der Waals surface area contributed by atoms with Gasteiger partial charge in [0, 0.05) is 64.5 Å². The lowest BCUT2D eigenvalue weighted by molar-refractivity contribution is -0.171. The maximum atomic E-state index is 14.3. The summed E-state index contributed by atoms with van der Waals surface area (Å²) >= 11 is 0. The summed E-state index contributed by atoms with van der Waals surface area (Å²) in [5.41, 5.74) is 5.19. The lowest BCUT2D eigenvalue weighted by Gasteiger charge is -2.54. The molecule has 55 heavy (non-hydrogen) atoms. The van der Waals surface area contributed by atoms with E-state index in [2.05, 4.69) is 49.7 Å². The third-order valence-corrected chi connectivity index (χ3v) is 14.2. The predicted molar refractivity (Wildman–Crippen MR) is 210 cm³/mol. The number of aliphatic hydroxyl groups is 3. The second-order valence-corrected chi connectivity index (χ2v) is 16.3. The number of aromatic nitrogens is 2. The lowest BCUT2D eigenvalue weighted by atomic mass is 9.59. The Hall–Kier alpha value is -4.26. The van der Waals surface area contributed by atoms with Crippen LogP contribution in [0.3, 0.4) is 0 Å². The number of likely N-dealkylation sites (N-methyl/N-ethyl adjacent to an activating group) is 2. The molecule has 4 N–H and O–H groups in total. The van der Waals surface area contributed by atoms with Gasteiger partial charge < -0.3 is 34.3 Å². The Morgan fingerprint density at radius 2 is 1.33 bits per heavy atom. The van der Waals surface area contributed by atoms with Gasteiger partial charge in [-0.15, -0.1) is 0 Å². The highest BCUT2D eigenvalue weighted by Gasteiger charge is 2.61. The minimum absolute atomic E-state index is 0.203. The quantitative estimate of drug-likeness (QED) is 0.169. The fourth-order valence-corrected chi connectivity index (χ4v) is 11.7. The van der Waals surface area contributed by atoms with Gasteiger partial charge in [-0.3, -0.25) is 19.4 Å². The number of nitrogens with one attached hydrogen (secondary N) is 1. The molecule has 0 radical (unpaired) electrons. The Labute approximate surface area is 322 Å². The van der Waals surface area contributed by atoms with Crippen molar-refractivity contribution >= 4 is 33.7 Å². The van der Waals surface area contributed by atoms with Crippen molar-refractivity contribution in [2.75, 3.05) is 54.6 Å².